The summed E-state index contributed by atoms with van der Waals surface area (Å²) in [7, 11) is 4.00. The van der Waals surface area contributed by atoms with Crippen LogP contribution in [0.5, 0.6) is 0 Å². The molecular formula is C10H24N2NiO10. The van der Waals surface area contributed by atoms with Crippen molar-refractivity contribution in [3.63, 3.8) is 0 Å². The van der Waals surface area contributed by atoms with E-state index < -0.39 is 23.4 Å². The molecule has 0 bridgehead atoms. The van der Waals surface area contributed by atoms with E-state index in [1.54, 1.807) is 0 Å². The molecule has 6 N–H and O–H groups in total. The minimum Gasteiger partial charge on any atom is -0.543 e. The van der Waals surface area contributed by atoms with Gasteiger partial charge in [-0.3, -0.25) is 0 Å². The number of nitrogens with zero attached hydrogens (tertiary/aromatic N) is 2. The zero-order chi connectivity index (χ0) is 19.7. The Labute approximate surface area is 143 Å². The van der Waals surface area contributed by atoms with Crippen molar-refractivity contribution in [1.29, 1.82) is 0 Å². The molecule has 0 atom stereocenters. The molecule has 0 aromatic heterocycles. The quantitative estimate of drug-likeness (QED) is 0.115. The number of aliphatic carboxylic acids is 2. The molecule has 0 aromatic rings. The van der Waals surface area contributed by atoms with E-state index >= 15 is 0 Å². The Morgan fingerprint density at radius 1 is 0.652 bits per heavy atom. The summed E-state index contributed by atoms with van der Waals surface area (Å²) in [6, 6.07) is 0. The Hall–Kier alpha value is -1.79. The van der Waals surface area contributed by atoms with Gasteiger partial charge in [0.1, 0.15) is 0 Å². The SMILES string of the molecule is C/C(=N\O)C(=O)[O-].C/C(=N\O)C(=O)[O-].CO.CO.CO.CO.[Ni+2]. The van der Waals surface area contributed by atoms with E-state index in [2.05, 4.69) is 10.3 Å². The minimum atomic E-state index is -1.46. The summed E-state index contributed by atoms with van der Waals surface area (Å²) < 4.78 is 0. The first-order valence-corrected chi connectivity index (χ1v) is 4.95. The first kappa shape index (κ1) is 42.9. The molecule has 0 unspecified atom stereocenters. The Morgan fingerprint density at radius 2 is 0.783 bits per heavy atom. The van der Waals surface area contributed by atoms with Crippen molar-refractivity contribution >= 4 is 23.4 Å². The first-order chi connectivity index (χ1) is 10.4. The third-order valence-electron chi connectivity index (χ3n) is 0.891. The van der Waals surface area contributed by atoms with Crippen LogP contribution in [0.25, 0.3) is 0 Å². The van der Waals surface area contributed by atoms with Gasteiger partial charge < -0.3 is 50.6 Å². The molecule has 0 aliphatic rings. The van der Waals surface area contributed by atoms with Gasteiger partial charge in [-0.05, 0) is 13.8 Å². The molecule has 0 saturated carbocycles. The molecule has 0 aromatic carbocycles. The summed E-state index contributed by atoms with van der Waals surface area (Å²) >= 11 is 0. The second-order valence-corrected chi connectivity index (χ2v) is 1.95. The van der Waals surface area contributed by atoms with Crippen LogP contribution >= 0.6 is 0 Å². The second kappa shape index (κ2) is 50.0. The Morgan fingerprint density at radius 3 is 0.783 bits per heavy atom. The molecule has 0 aliphatic heterocycles. The first-order valence-electron chi connectivity index (χ1n) is 4.95. The maximum Gasteiger partial charge on any atom is 2.00 e. The standard InChI is InChI=1S/2C3H5NO3.4CH4O.Ni/c2*1-2(4-7)3(5)6;4*1-2;/h2*7H,1H3,(H,5,6);4*2H,1H3;/q;;;;;;+2/p-2/b2*4-2+;;;;;. The van der Waals surface area contributed by atoms with Crippen molar-refractivity contribution in [2.45, 2.75) is 13.8 Å². The summed E-state index contributed by atoms with van der Waals surface area (Å²) in [5, 5.41) is 67.1. The molecule has 0 heterocycles. The minimum absolute atomic E-state index is 0. The van der Waals surface area contributed by atoms with Gasteiger partial charge in [0.25, 0.3) is 0 Å². The van der Waals surface area contributed by atoms with E-state index in [1.165, 1.54) is 0 Å². The van der Waals surface area contributed by atoms with Gasteiger partial charge in [0.15, 0.2) is 0 Å². The molecule has 0 saturated heterocycles. The van der Waals surface area contributed by atoms with Crippen molar-refractivity contribution in [2.75, 3.05) is 28.4 Å². The van der Waals surface area contributed by atoms with Crippen molar-refractivity contribution < 1.29 is 67.1 Å². The fraction of sp³-hybridized carbons (Fsp3) is 0.600. The number of hydrogen-bond acceptors (Lipinski definition) is 12. The smallest absolute Gasteiger partial charge is 0.543 e. The van der Waals surface area contributed by atoms with Crippen LogP contribution in [0.15, 0.2) is 10.3 Å². The van der Waals surface area contributed by atoms with Gasteiger partial charge in [0.2, 0.25) is 0 Å². The predicted molar refractivity (Wildman–Crippen MR) is 72.4 cm³/mol. The van der Waals surface area contributed by atoms with Gasteiger partial charge in [-0.15, -0.1) is 0 Å². The van der Waals surface area contributed by atoms with Crippen LogP contribution in [-0.4, -0.2) is 82.6 Å². The fourth-order valence-corrected chi connectivity index (χ4v) is 0.0816. The zero-order valence-corrected chi connectivity index (χ0v) is 14.5. The largest absolute Gasteiger partial charge is 2.00 e. The second-order valence-electron chi connectivity index (χ2n) is 1.95. The molecular weight excluding hydrogens is 367 g/mol. The van der Waals surface area contributed by atoms with Crippen LogP contribution in [-0.2, 0) is 26.1 Å². The molecule has 23 heavy (non-hydrogen) atoms. The molecule has 0 spiro atoms. The molecule has 144 valence electrons. The third-order valence-corrected chi connectivity index (χ3v) is 0.891. The Balaban J connectivity index is -0.0000000301. The maximum atomic E-state index is 9.53. The number of carbonyl (C=O) groups is 2. The van der Waals surface area contributed by atoms with E-state index in [0.717, 1.165) is 42.3 Å². The van der Waals surface area contributed by atoms with E-state index in [-0.39, 0.29) is 16.5 Å². The van der Waals surface area contributed by atoms with Crippen LogP contribution < -0.4 is 10.2 Å². The summed E-state index contributed by atoms with van der Waals surface area (Å²) in [5.74, 6) is -2.91. The van der Waals surface area contributed by atoms with Crippen LogP contribution in [0, 0.1) is 0 Å². The van der Waals surface area contributed by atoms with Crippen LogP contribution in [0.4, 0.5) is 0 Å². The van der Waals surface area contributed by atoms with Gasteiger partial charge in [0.05, 0.1) is 23.4 Å². The van der Waals surface area contributed by atoms with Crippen LogP contribution in [0.1, 0.15) is 13.8 Å². The molecule has 12 nitrogen and oxygen atoms in total. The van der Waals surface area contributed by atoms with Gasteiger partial charge in [-0.25, -0.2) is 0 Å². The van der Waals surface area contributed by atoms with E-state index in [0.29, 0.717) is 0 Å². The third kappa shape index (κ3) is 64.3. The number of hydrogen-bond donors (Lipinski definition) is 6. The molecule has 0 rings (SSSR count). The average Bonchev–Trinajstić information content (AvgIpc) is 2.60. The van der Waals surface area contributed by atoms with Crippen molar-refractivity contribution in [2.24, 2.45) is 10.3 Å². The number of aliphatic hydroxyl groups excluding tert-OH is 4. The van der Waals surface area contributed by atoms with Gasteiger partial charge in [-0.1, -0.05) is 10.3 Å². The normalized spacial score (nSPS) is 7.91. The Bertz CT molecular complexity index is 257. The molecule has 13 heteroatoms. The van der Waals surface area contributed by atoms with E-state index in [1.807, 2.05) is 0 Å². The number of carboxylic acids is 2. The number of carbonyl (C=O) groups excluding carboxylic acids is 2. The van der Waals surface area contributed by atoms with Crippen molar-refractivity contribution in [1.82, 2.24) is 0 Å². The molecule has 0 fully saturated rings. The van der Waals surface area contributed by atoms with E-state index in [9.17, 15) is 19.8 Å². The number of oxime groups is 2. The van der Waals surface area contributed by atoms with Gasteiger partial charge >= 0.3 is 16.5 Å². The summed E-state index contributed by atoms with van der Waals surface area (Å²) in [6.45, 7) is 2.27. The number of carboxylic acid groups (broad SMARTS) is 2. The summed E-state index contributed by atoms with van der Waals surface area (Å²) in [6.07, 6.45) is 0. The average molecular weight is 391 g/mol. The predicted octanol–water partition coefficient (Wildman–Crippen LogP) is -4.40. The van der Waals surface area contributed by atoms with E-state index in [4.69, 9.17) is 30.8 Å². The fourth-order valence-electron chi connectivity index (χ4n) is 0.0816. The monoisotopic (exact) mass is 390 g/mol. The number of aliphatic hydroxyl groups is 4. The van der Waals surface area contributed by atoms with Crippen LogP contribution in [0.3, 0.4) is 0 Å². The topological polar surface area (TPSA) is 226 Å². The Kier molecular flexibility index (Phi) is 93.3. The van der Waals surface area contributed by atoms with Gasteiger partial charge in [-0.2, -0.15) is 0 Å². The summed E-state index contributed by atoms with van der Waals surface area (Å²) in [5.41, 5.74) is -0.833. The number of rotatable bonds is 2. The van der Waals surface area contributed by atoms with Crippen molar-refractivity contribution in [3.05, 3.63) is 0 Å². The van der Waals surface area contributed by atoms with Gasteiger partial charge in [0, 0.05) is 28.4 Å². The molecule has 0 radical (unpaired) electrons. The summed E-state index contributed by atoms with van der Waals surface area (Å²) in [4.78, 5) is 19.1. The molecule has 0 amide bonds. The molecule has 0 aliphatic carbocycles. The van der Waals surface area contributed by atoms with Crippen LogP contribution in [0.2, 0.25) is 0 Å². The zero-order valence-electron chi connectivity index (χ0n) is 13.5. The van der Waals surface area contributed by atoms with Crippen molar-refractivity contribution in [3.8, 4) is 0 Å². The maximum absolute atomic E-state index is 9.53.